The maximum Gasteiger partial charge on any atom is 0.251 e. The van der Waals surface area contributed by atoms with Gasteiger partial charge in [0.15, 0.2) is 0 Å². The third-order valence-electron chi connectivity index (χ3n) is 4.83. The van der Waals surface area contributed by atoms with E-state index in [9.17, 15) is 9.59 Å². The molecule has 0 atom stereocenters. The molecular weight excluding hydrogens is 338 g/mol. The van der Waals surface area contributed by atoms with Gasteiger partial charge in [-0.1, -0.05) is 18.2 Å². The fourth-order valence-electron chi connectivity index (χ4n) is 3.41. The highest BCUT2D eigenvalue weighted by molar-refractivity contribution is 5.94. The number of rotatable bonds is 7. The predicted octanol–water partition coefficient (Wildman–Crippen LogP) is 3.74. The average Bonchev–Trinajstić information content (AvgIpc) is 3.20. The second kappa shape index (κ2) is 9.21. The molecule has 0 spiro atoms. The number of aryl methyl sites for hydroxylation is 1. The topological polar surface area (TPSA) is 61.4 Å². The van der Waals surface area contributed by atoms with E-state index in [0.717, 1.165) is 18.8 Å². The second-order valence-corrected chi connectivity index (χ2v) is 6.97. The lowest BCUT2D eigenvalue weighted by atomic mass is 10.1. The van der Waals surface area contributed by atoms with Gasteiger partial charge in [-0.3, -0.25) is 9.59 Å². The van der Waals surface area contributed by atoms with E-state index in [1.165, 1.54) is 24.1 Å². The van der Waals surface area contributed by atoms with Crippen LogP contribution in [0.5, 0.6) is 0 Å². The van der Waals surface area contributed by atoms with E-state index in [-0.39, 0.29) is 11.8 Å². The maximum atomic E-state index is 12.1. The van der Waals surface area contributed by atoms with E-state index in [1.807, 2.05) is 30.3 Å². The van der Waals surface area contributed by atoms with Crippen LogP contribution in [0.2, 0.25) is 0 Å². The zero-order valence-electron chi connectivity index (χ0n) is 15.8. The minimum absolute atomic E-state index is 0.0303. The molecule has 1 heterocycles. The third kappa shape index (κ3) is 5.33. The summed E-state index contributed by atoms with van der Waals surface area (Å²) in [7, 11) is 0. The van der Waals surface area contributed by atoms with E-state index in [0.29, 0.717) is 24.9 Å². The van der Waals surface area contributed by atoms with Gasteiger partial charge in [-0.05, 0) is 62.1 Å². The van der Waals surface area contributed by atoms with Crippen molar-refractivity contribution in [2.45, 2.75) is 32.6 Å². The Kier molecular flexibility index (Phi) is 6.47. The minimum atomic E-state index is -0.107. The van der Waals surface area contributed by atoms with E-state index < -0.39 is 0 Å². The Balaban J connectivity index is 1.41. The summed E-state index contributed by atoms with van der Waals surface area (Å²) in [6, 6.07) is 15.2. The van der Waals surface area contributed by atoms with Crippen molar-refractivity contribution in [2.24, 2.45) is 0 Å². The molecule has 0 aromatic heterocycles. The summed E-state index contributed by atoms with van der Waals surface area (Å²) < 4.78 is 0. The summed E-state index contributed by atoms with van der Waals surface area (Å²) in [5.74, 6) is -0.138. The lowest BCUT2D eigenvalue weighted by Gasteiger charge is -2.20. The lowest BCUT2D eigenvalue weighted by molar-refractivity contribution is -0.116. The second-order valence-electron chi connectivity index (χ2n) is 6.97. The van der Waals surface area contributed by atoms with Crippen molar-refractivity contribution in [2.75, 3.05) is 29.9 Å². The first-order chi connectivity index (χ1) is 13.1. The molecule has 5 heteroatoms. The van der Waals surface area contributed by atoms with E-state index in [4.69, 9.17) is 0 Å². The van der Waals surface area contributed by atoms with Crippen molar-refractivity contribution >= 4 is 23.2 Å². The van der Waals surface area contributed by atoms with Crippen LogP contribution in [0.15, 0.2) is 48.5 Å². The standard InChI is InChI=1S/C22H27N3O2/c1-17-16-19(11-12-20(17)25-14-5-6-15-25)24-21(26)10-7-13-23-22(27)18-8-3-2-4-9-18/h2-4,8-9,11-12,16H,5-7,10,13-15H2,1H3,(H,23,27)(H,24,26). The first-order valence-electron chi connectivity index (χ1n) is 9.62. The highest BCUT2D eigenvalue weighted by Crippen LogP contribution is 2.26. The van der Waals surface area contributed by atoms with Crippen molar-refractivity contribution in [1.82, 2.24) is 5.32 Å². The predicted molar refractivity (Wildman–Crippen MR) is 109 cm³/mol. The molecule has 0 bridgehead atoms. The summed E-state index contributed by atoms with van der Waals surface area (Å²) in [5.41, 5.74) is 3.91. The molecule has 27 heavy (non-hydrogen) atoms. The molecule has 0 saturated carbocycles. The highest BCUT2D eigenvalue weighted by atomic mass is 16.2. The number of benzene rings is 2. The molecule has 0 radical (unpaired) electrons. The molecule has 1 aliphatic rings. The molecule has 0 unspecified atom stereocenters. The Morgan fingerprint density at radius 2 is 1.78 bits per heavy atom. The highest BCUT2D eigenvalue weighted by Gasteiger charge is 2.14. The normalized spacial score (nSPS) is 13.4. The van der Waals surface area contributed by atoms with Gasteiger partial charge in [0.1, 0.15) is 0 Å². The summed E-state index contributed by atoms with van der Waals surface area (Å²) in [6.45, 7) is 4.79. The van der Waals surface area contributed by atoms with Crippen LogP contribution in [0, 0.1) is 6.92 Å². The molecule has 2 aromatic rings. The number of carbonyl (C=O) groups excluding carboxylic acids is 2. The Morgan fingerprint density at radius 3 is 2.48 bits per heavy atom. The van der Waals surface area contributed by atoms with Crippen LogP contribution in [0.3, 0.4) is 0 Å². The van der Waals surface area contributed by atoms with Crippen molar-refractivity contribution in [3.8, 4) is 0 Å². The van der Waals surface area contributed by atoms with Gasteiger partial charge in [0.2, 0.25) is 5.91 Å². The molecule has 2 amide bonds. The van der Waals surface area contributed by atoms with Gasteiger partial charge in [0, 0.05) is 43.0 Å². The van der Waals surface area contributed by atoms with E-state index >= 15 is 0 Å². The third-order valence-corrected chi connectivity index (χ3v) is 4.83. The van der Waals surface area contributed by atoms with Gasteiger partial charge in [-0.15, -0.1) is 0 Å². The molecule has 2 N–H and O–H groups in total. The van der Waals surface area contributed by atoms with Crippen LogP contribution in [0.4, 0.5) is 11.4 Å². The fraction of sp³-hybridized carbons (Fsp3) is 0.364. The summed E-state index contributed by atoms with van der Waals surface area (Å²) in [5, 5.41) is 5.79. The van der Waals surface area contributed by atoms with Gasteiger partial charge in [0.25, 0.3) is 5.91 Å². The Hall–Kier alpha value is -2.82. The molecule has 1 fully saturated rings. The minimum Gasteiger partial charge on any atom is -0.371 e. The molecule has 3 rings (SSSR count). The first-order valence-corrected chi connectivity index (χ1v) is 9.62. The quantitative estimate of drug-likeness (QED) is 0.735. The van der Waals surface area contributed by atoms with Crippen molar-refractivity contribution < 1.29 is 9.59 Å². The summed E-state index contributed by atoms with van der Waals surface area (Å²) in [6.07, 6.45) is 3.48. The fourth-order valence-corrected chi connectivity index (χ4v) is 3.41. The zero-order chi connectivity index (χ0) is 19.1. The van der Waals surface area contributed by atoms with Gasteiger partial charge < -0.3 is 15.5 Å². The average molecular weight is 365 g/mol. The summed E-state index contributed by atoms with van der Waals surface area (Å²) >= 11 is 0. The van der Waals surface area contributed by atoms with Crippen LogP contribution >= 0.6 is 0 Å². The van der Waals surface area contributed by atoms with Crippen LogP contribution in [0.25, 0.3) is 0 Å². The molecule has 1 aliphatic heterocycles. The molecule has 2 aromatic carbocycles. The number of carbonyl (C=O) groups is 2. The SMILES string of the molecule is Cc1cc(NC(=O)CCCNC(=O)c2ccccc2)ccc1N1CCCC1. The zero-order valence-corrected chi connectivity index (χ0v) is 15.8. The van der Waals surface area contributed by atoms with Crippen LogP contribution in [-0.2, 0) is 4.79 Å². The molecular formula is C22H27N3O2. The lowest BCUT2D eigenvalue weighted by Crippen LogP contribution is -2.25. The van der Waals surface area contributed by atoms with E-state index in [1.54, 1.807) is 12.1 Å². The largest absolute Gasteiger partial charge is 0.371 e. The number of anilines is 2. The Morgan fingerprint density at radius 1 is 1.04 bits per heavy atom. The van der Waals surface area contributed by atoms with Crippen LogP contribution in [0.1, 0.15) is 41.6 Å². The van der Waals surface area contributed by atoms with Crippen molar-refractivity contribution in [1.29, 1.82) is 0 Å². The van der Waals surface area contributed by atoms with Gasteiger partial charge in [0.05, 0.1) is 0 Å². The Bertz CT molecular complexity index is 783. The van der Waals surface area contributed by atoms with Crippen LogP contribution in [-0.4, -0.2) is 31.4 Å². The van der Waals surface area contributed by atoms with Crippen LogP contribution < -0.4 is 15.5 Å². The Labute approximate surface area is 160 Å². The van der Waals surface area contributed by atoms with E-state index in [2.05, 4.69) is 28.5 Å². The first kappa shape index (κ1) is 19.0. The maximum absolute atomic E-state index is 12.1. The monoisotopic (exact) mass is 365 g/mol. The molecule has 1 saturated heterocycles. The summed E-state index contributed by atoms with van der Waals surface area (Å²) in [4.78, 5) is 26.5. The molecule has 5 nitrogen and oxygen atoms in total. The number of amides is 2. The smallest absolute Gasteiger partial charge is 0.251 e. The van der Waals surface area contributed by atoms with Gasteiger partial charge >= 0.3 is 0 Å². The van der Waals surface area contributed by atoms with Crippen molar-refractivity contribution in [3.05, 3.63) is 59.7 Å². The number of hydrogen-bond acceptors (Lipinski definition) is 3. The van der Waals surface area contributed by atoms with Gasteiger partial charge in [-0.2, -0.15) is 0 Å². The number of nitrogens with zero attached hydrogens (tertiary/aromatic N) is 1. The molecule has 0 aliphatic carbocycles. The number of hydrogen-bond donors (Lipinski definition) is 2. The van der Waals surface area contributed by atoms with Crippen molar-refractivity contribution in [3.63, 3.8) is 0 Å². The van der Waals surface area contributed by atoms with Gasteiger partial charge in [-0.25, -0.2) is 0 Å². The molecule has 142 valence electrons. The number of nitrogens with one attached hydrogen (secondary N) is 2.